The average Bonchev–Trinajstić information content (AvgIpc) is 0.888. The molecule has 0 fully saturated rings. The maximum absolute atomic E-state index is 11.4. The molecule has 7 atom stereocenters. The van der Waals surface area contributed by atoms with Crippen molar-refractivity contribution in [3.05, 3.63) is 51.9 Å². The quantitative estimate of drug-likeness (QED) is 0.00280. The van der Waals surface area contributed by atoms with Gasteiger partial charge in [-0.25, -0.2) is 19.9 Å². The van der Waals surface area contributed by atoms with Gasteiger partial charge in [-0.1, -0.05) is 168 Å². The van der Waals surface area contributed by atoms with Crippen molar-refractivity contribution >= 4 is 72.8 Å². The molecular weight excluding hydrogens is 1310 g/mol. The van der Waals surface area contributed by atoms with E-state index in [9.17, 15) is 52.5 Å². The summed E-state index contributed by atoms with van der Waals surface area (Å²) in [5.41, 5.74) is 39.3. The number of unbranched alkanes of at least 4 members (excludes halogenated alkanes) is 6. The van der Waals surface area contributed by atoms with Crippen molar-refractivity contribution in [1.82, 2.24) is 15.9 Å². The van der Waals surface area contributed by atoms with Crippen molar-refractivity contribution in [3.63, 3.8) is 0 Å². The third-order valence-corrected chi connectivity index (χ3v) is 14.6. The second-order valence-electron chi connectivity index (χ2n) is 21.7. The summed E-state index contributed by atoms with van der Waals surface area (Å²) in [5, 5.41) is 40.3. The first-order valence-corrected chi connectivity index (χ1v) is 34.3. The third kappa shape index (κ3) is 84.5. The van der Waals surface area contributed by atoms with Crippen LogP contribution in [0, 0.1) is 36.0 Å². The van der Waals surface area contributed by atoms with Gasteiger partial charge in [-0.05, 0) is 68.9 Å². The van der Waals surface area contributed by atoms with Crippen molar-refractivity contribution in [2.24, 2.45) is 51.7 Å². The molecule has 1 rings (SSSR count). The number of carbonyl (C=O) groups excluding carboxylic acids is 6. The Morgan fingerprint density at radius 1 is 0.677 bits per heavy atom. The number of hydrogen-bond donors (Lipinski definition) is 10. The van der Waals surface area contributed by atoms with Gasteiger partial charge in [0, 0.05) is 77.8 Å². The van der Waals surface area contributed by atoms with Gasteiger partial charge in [0.1, 0.15) is 31.0 Å². The van der Waals surface area contributed by atoms with Crippen molar-refractivity contribution in [2.45, 2.75) is 236 Å². The second-order valence-corrected chi connectivity index (χ2v) is 23.8. The van der Waals surface area contributed by atoms with Crippen LogP contribution in [0.4, 0.5) is 4.79 Å². The van der Waals surface area contributed by atoms with Gasteiger partial charge in [-0.15, -0.1) is 12.3 Å². The highest BCUT2D eigenvalue weighted by Gasteiger charge is 2.41. The molecule has 0 bridgehead atoms. The molecule has 99 heavy (non-hydrogen) atoms. The van der Waals surface area contributed by atoms with E-state index >= 15 is 0 Å². The Bertz CT molecular complexity index is 2410. The van der Waals surface area contributed by atoms with Crippen LogP contribution in [0.15, 0.2) is 35.4 Å². The number of esters is 1. The van der Waals surface area contributed by atoms with Gasteiger partial charge in [0.05, 0.1) is 20.1 Å². The molecule has 0 aliphatic rings. The predicted molar refractivity (Wildman–Crippen MR) is 382 cm³/mol. The highest BCUT2D eigenvalue weighted by molar-refractivity contribution is 7.74. The van der Waals surface area contributed by atoms with Gasteiger partial charge in [-0.2, -0.15) is 4.79 Å². The highest BCUT2D eigenvalue weighted by atomic mass is 31.2. The van der Waals surface area contributed by atoms with Crippen molar-refractivity contribution in [3.8, 4) is 12.3 Å². The number of nitrogens with zero attached hydrogens (tertiary/aromatic N) is 6. The number of primary amides is 2. The third-order valence-electron chi connectivity index (χ3n) is 12.7. The molecule has 0 aliphatic heterocycles. The molecule has 0 aliphatic carbocycles. The fourth-order valence-corrected chi connectivity index (χ4v) is 7.30. The first-order valence-electron chi connectivity index (χ1n) is 32.8. The zero-order valence-electron chi connectivity index (χ0n) is 62.1. The van der Waals surface area contributed by atoms with Gasteiger partial charge in [0.15, 0.2) is 0 Å². The SMILES string of the molecule is C#C[C@@H](C)CCCC.CC(=O)OCc1ccccc1.CCCC[C@H](C)C(=O)N(C)OC.CCCC[C@H](C)C(=O)O.CCCC[C@H](C)C=O.CCCC[C@H](N)C(=O)O.CNOC.COP(=O)(OC)C(=[N+]=[N-])C(C)=O.NC(=O)NCCC[C@H](N)C(=O)O.[N-]=[N+]=N[C@@H](CCCCC(N)=O)C(=O)O. The maximum atomic E-state index is 11.4. The fourth-order valence-electron chi connectivity index (χ4n) is 6.31. The van der Waals surface area contributed by atoms with Crippen molar-refractivity contribution in [1.29, 1.82) is 0 Å². The monoisotopic (exact) mass is 1440 g/mol. The van der Waals surface area contributed by atoms with E-state index in [4.69, 9.17) is 70.4 Å². The zero-order valence-corrected chi connectivity index (χ0v) is 63.0. The number of Topliss-reactive ketones (excluding diaryl/α,β-unsaturated/α-hetero) is 1. The van der Waals surface area contributed by atoms with Gasteiger partial charge >= 0.3 is 48.9 Å². The number of azide groups is 1. The number of amides is 4. The molecular formula is C66H125N12O20P. The Hall–Kier alpha value is -7.68. The summed E-state index contributed by atoms with van der Waals surface area (Å²) in [6.45, 7) is 21.5. The van der Waals surface area contributed by atoms with E-state index < -0.39 is 72.8 Å². The summed E-state index contributed by atoms with van der Waals surface area (Å²) in [5.74, 6) is -1.65. The van der Waals surface area contributed by atoms with E-state index in [0.29, 0.717) is 51.2 Å². The fraction of sp³-hybridized carbons (Fsp3) is 0.712. The number of terminal acetylenes is 1. The van der Waals surface area contributed by atoms with Gasteiger partial charge in [-0.3, -0.25) is 43.2 Å². The molecule has 0 spiro atoms. The maximum Gasteiger partial charge on any atom is 0.446 e. The summed E-state index contributed by atoms with van der Waals surface area (Å²) >= 11 is 0. The number of ketones is 1. The number of hydrogen-bond acceptors (Lipinski definition) is 20. The number of nitrogens with one attached hydrogen (secondary N) is 2. The number of aliphatic carboxylic acids is 4. The first kappa shape index (κ1) is 110. The molecule has 0 saturated carbocycles. The summed E-state index contributed by atoms with van der Waals surface area (Å²) < 4.78 is 25.0. The van der Waals surface area contributed by atoms with Gasteiger partial charge in [0.25, 0.3) is 0 Å². The molecule has 0 aromatic heterocycles. The largest absolute Gasteiger partial charge is 0.481 e. The number of hydroxylamine groups is 3. The van der Waals surface area contributed by atoms with Gasteiger partial charge < -0.3 is 77.6 Å². The standard InChI is InChI=1S/C9H19NO2.C9H10O2.C8H14.C7H12N4O3.C7H14O2.C7H14O.C6H13N3O3.C6H13NO2.C5H9N2O4P.C2H7NO/c1-5-6-7-8(2)9(11)10(3)12-4;1-8(10)11-7-9-5-3-2-4-6-9;1-4-6-7-8(3)5-2;8-6(12)4-2-1-3-5(7(13)14)10-11-9;1-3-4-5-6(2)7(8)9;1-3-4-5-7(2)6-8;7-4(5(10)11)2-1-3-9-6(8)12;1-2-3-4-5(7)6(8)9;1-4(8)5(7-6)12(9,10-2)11-3;1-3-4-2/h8H,5-7H2,1-4H3;2-6H,7H2,1H3;2,8H,4,6-7H2,1,3H3;5H,1-4H2,(H2,8,12)(H,13,14);6H,3-5H2,1-2H3,(H,8,9);6-7H,3-5H2,1-2H3;4H,1-3,7H2,(H,10,11)(H3,8,9,12);5H,2-4,7H2,1H3,(H,8,9);1-3H3;3H,1-2H3/t8-;;8-;5-;6-;7-;4-;5-;;/m0.100000../s1. The summed E-state index contributed by atoms with van der Waals surface area (Å²) in [7, 11) is 4.92. The molecule has 4 amide bonds. The number of carbonyl (C=O) groups is 10. The Morgan fingerprint density at radius 3 is 1.45 bits per heavy atom. The van der Waals surface area contributed by atoms with E-state index in [0.717, 1.165) is 90.8 Å². The van der Waals surface area contributed by atoms with Crippen molar-refractivity contribution in [2.75, 3.05) is 49.1 Å². The molecule has 0 radical (unpaired) electrons. The zero-order chi connectivity index (χ0) is 78.8. The molecule has 0 heterocycles. The number of aldehydes is 1. The number of nitrogens with two attached hydrogens (primary N) is 4. The molecule has 1 aromatic carbocycles. The Morgan fingerprint density at radius 2 is 1.12 bits per heavy atom. The molecule has 32 nitrogen and oxygen atoms in total. The lowest BCUT2D eigenvalue weighted by Crippen LogP contribution is -2.33. The molecule has 0 saturated heterocycles. The van der Waals surface area contributed by atoms with Crippen molar-refractivity contribution < 1.29 is 101 Å². The van der Waals surface area contributed by atoms with E-state index in [1.54, 1.807) is 28.1 Å². The van der Waals surface area contributed by atoms with Crippen LogP contribution in [-0.4, -0.2) is 163 Å². The molecule has 574 valence electrons. The minimum absolute atomic E-state index is 0.0611. The molecule has 14 N–H and O–H groups in total. The number of carboxylic acids is 4. The highest BCUT2D eigenvalue weighted by Crippen LogP contribution is 2.47. The Balaban J connectivity index is -0.000000131. The van der Waals surface area contributed by atoms with Crippen LogP contribution in [0.25, 0.3) is 16.0 Å². The smallest absolute Gasteiger partial charge is 0.446 e. The topological polar surface area (TPSA) is 531 Å². The lowest BCUT2D eigenvalue weighted by molar-refractivity contribution is -0.173. The van der Waals surface area contributed by atoms with Crippen LogP contribution in [0.3, 0.4) is 0 Å². The minimum atomic E-state index is -3.70. The summed E-state index contributed by atoms with van der Waals surface area (Å²) in [6, 6.07) is 6.41. The van der Waals surface area contributed by atoms with Crippen LogP contribution >= 0.6 is 7.60 Å². The number of carboxylic acid groups (broad SMARTS) is 4. The number of benzene rings is 1. The predicted octanol–water partition coefficient (Wildman–Crippen LogP) is 10.6. The van der Waals surface area contributed by atoms with Gasteiger partial charge in [0.2, 0.25) is 17.6 Å². The Labute approximate surface area is 588 Å². The molecule has 0 unspecified atom stereocenters. The van der Waals surface area contributed by atoms with E-state index in [1.807, 2.05) is 51.1 Å². The number of urea groups is 1. The Kier molecular flexibility index (Phi) is 88.1. The van der Waals surface area contributed by atoms with Crippen LogP contribution in [0.5, 0.6) is 0 Å². The second kappa shape index (κ2) is 79.3. The number of ether oxygens (including phenoxy) is 1. The summed E-state index contributed by atoms with van der Waals surface area (Å²) in [6.07, 6.45) is 24.2. The van der Waals surface area contributed by atoms with E-state index in [2.05, 4.69) is 80.0 Å². The van der Waals surface area contributed by atoms with Crippen LogP contribution in [-0.2, 0) is 77.8 Å². The minimum Gasteiger partial charge on any atom is -0.481 e. The number of rotatable bonds is 39. The van der Waals surface area contributed by atoms with E-state index in [1.165, 1.54) is 51.2 Å². The lowest BCUT2D eigenvalue weighted by atomic mass is 10.0. The van der Waals surface area contributed by atoms with Crippen LogP contribution in [0.2, 0.25) is 0 Å². The molecule has 33 heteroatoms. The average molecular weight is 1440 g/mol. The molecule has 1 aromatic rings. The van der Waals surface area contributed by atoms with Crippen LogP contribution < -0.4 is 33.7 Å². The first-order chi connectivity index (χ1) is 46.4. The van der Waals surface area contributed by atoms with Crippen LogP contribution in [0.1, 0.15) is 217 Å². The van der Waals surface area contributed by atoms with E-state index in [-0.39, 0.29) is 42.5 Å². The summed E-state index contributed by atoms with van der Waals surface area (Å²) in [4.78, 5) is 118. The normalized spacial score (nSPS) is 11.7. The lowest BCUT2D eigenvalue weighted by Gasteiger charge is -2.18.